The molecule has 0 aliphatic rings. The second-order valence-electron chi connectivity index (χ2n) is 4.87. The third-order valence-electron chi connectivity index (χ3n) is 3.00. The maximum absolute atomic E-state index is 13.5. The molecular weight excluding hydrogens is 235 g/mol. The van der Waals surface area contributed by atoms with Crippen molar-refractivity contribution in [1.29, 1.82) is 0 Å². The maximum atomic E-state index is 13.5. The molecule has 0 saturated carbocycles. The van der Waals surface area contributed by atoms with E-state index in [4.69, 9.17) is 18.0 Å². The van der Waals surface area contributed by atoms with Crippen LogP contribution < -0.4 is 10.6 Å². The number of hydrogen-bond donors (Lipinski definition) is 1. The van der Waals surface area contributed by atoms with Crippen LogP contribution in [0.3, 0.4) is 0 Å². The Morgan fingerprint density at radius 3 is 2.53 bits per heavy atom. The molecule has 0 radical (unpaired) electrons. The fourth-order valence-electron chi connectivity index (χ4n) is 1.45. The van der Waals surface area contributed by atoms with Crippen LogP contribution in [0.25, 0.3) is 0 Å². The van der Waals surface area contributed by atoms with Crippen LogP contribution >= 0.6 is 12.2 Å². The molecule has 0 heterocycles. The number of anilines is 1. The molecule has 0 unspecified atom stereocenters. The summed E-state index contributed by atoms with van der Waals surface area (Å²) in [5, 5.41) is 0. The van der Waals surface area contributed by atoms with E-state index in [0.29, 0.717) is 17.2 Å². The van der Waals surface area contributed by atoms with Crippen LogP contribution in [0.15, 0.2) is 24.3 Å². The van der Waals surface area contributed by atoms with Gasteiger partial charge in [-0.05, 0) is 18.6 Å². The quantitative estimate of drug-likeness (QED) is 0.819. The highest BCUT2D eigenvalue weighted by atomic mass is 32.1. The Labute approximate surface area is 108 Å². The molecule has 1 aromatic carbocycles. The monoisotopic (exact) mass is 254 g/mol. The van der Waals surface area contributed by atoms with E-state index in [1.54, 1.807) is 12.1 Å². The van der Waals surface area contributed by atoms with Crippen molar-refractivity contribution in [2.45, 2.75) is 20.3 Å². The van der Waals surface area contributed by atoms with Crippen molar-refractivity contribution in [1.82, 2.24) is 0 Å². The average Bonchev–Trinajstić information content (AvgIpc) is 2.26. The Morgan fingerprint density at radius 1 is 1.41 bits per heavy atom. The van der Waals surface area contributed by atoms with E-state index < -0.39 is 0 Å². The van der Waals surface area contributed by atoms with Gasteiger partial charge in [0.15, 0.2) is 0 Å². The van der Waals surface area contributed by atoms with Crippen LogP contribution in [-0.2, 0) is 0 Å². The molecule has 0 bridgehead atoms. The second kappa shape index (κ2) is 5.45. The topological polar surface area (TPSA) is 29.3 Å². The molecule has 0 aliphatic heterocycles. The number of nitrogens with zero attached hydrogens (tertiary/aromatic N) is 1. The fraction of sp³-hybridized carbons (Fsp3) is 0.462. The van der Waals surface area contributed by atoms with Crippen LogP contribution in [0, 0.1) is 11.2 Å². The van der Waals surface area contributed by atoms with Crippen LogP contribution in [0.5, 0.6) is 0 Å². The van der Waals surface area contributed by atoms with Crippen LogP contribution in [0.4, 0.5) is 10.1 Å². The molecular formula is C13H19FN2S. The van der Waals surface area contributed by atoms with Crippen molar-refractivity contribution < 1.29 is 4.39 Å². The first-order valence-electron chi connectivity index (χ1n) is 5.60. The first kappa shape index (κ1) is 13.9. The minimum absolute atomic E-state index is 0.200. The lowest BCUT2D eigenvalue weighted by molar-refractivity contribution is 0.479. The van der Waals surface area contributed by atoms with E-state index >= 15 is 0 Å². The molecule has 17 heavy (non-hydrogen) atoms. The summed E-state index contributed by atoms with van der Waals surface area (Å²) in [5.41, 5.74) is 6.07. The average molecular weight is 254 g/mol. The Balaban J connectivity index is 2.65. The summed E-state index contributed by atoms with van der Waals surface area (Å²) >= 11 is 5.01. The predicted octanol–water partition coefficient (Wildman–Crippen LogP) is 2.96. The Hall–Kier alpha value is -1.16. The molecule has 0 atom stereocenters. The van der Waals surface area contributed by atoms with Gasteiger partial charge in [-0.1, -0.05) is 38.2 Å². The van der Waals surface area contributed by atoms with Gasteiger partial charge in [-0.2, -0.15) is 0 Å². The molecule has 0 aromatic heterocycles. The number of benzene rings is 1. The van der Waals surface area contributed by atoms with Gasteiger partial charge in [0.1, 0.15) is 5.82 Å². The van der Waals surface area contributed by atoms with Crippen molar-refractivity contribution in [3.63, 3.8) is 0 Å². The maximum Gasteiger partial charge on any atom is 0.146 e. The van der Waals surface area contributed by atoms with Gasteiger partial charge < -0.3 is 10.6 Å². The lowest BCUT2D eigenvalue weighted by atomic mass is 9.89. The van der Waals surface area contributed by atoms with E-state index in [2.05, 4.69) is 0 Å². The number of thiocarbonyl (C=S) groups is 1. The van der Waals surface area contributed by atoms with Gasteiger partial charge in [0, 0.05) is 19.0 Å². The van der Waals surface area contributed by atoms with Gasteiger partial charge in [-0.15, -0.1) is 0 Å². The molecule has 1 aromatic rings. The van der Waals surface area contributed by atoms with Crippen LogP contribution in [0.1, 0.15) is 20.3 Å². The number of rotatable bonds is 5. The van der Waals surface area contributed by atoms with Gasteiger partial charge in [-0.25, -0.2) is 4.39 Å². The van der Waals surface area contributed by atoms with Crippen molar-refractivity contribution in [3.05, 3.63) is 30.1 Å². The fourth-order valence-corrected chi connectivity index (χ4v) is 1.55. The third-order valence-corrected chi connectivity index (χ3v) is 3.56. The Morgan fingerprint density at radius 2 is 2.00 bits per heavy atom. The second-order valence-corrected chi connectivity index (χ2v) is 5.31. The normalized spacial score (nSPS) is 11.3. The molecule has 0 aliphatic carbocycles. The number of hydrogen-bond acceptors (Lipinski definition) is 2. The number of halogens is 1. The first-order valence-corrected chi connectivity index (χ1v) is 6.01. The van der Waals surface area contributed by atoms with E-state index in [1.807, 2.05) is 31.9 Å². The van der Waals surface area contributed by atoms with Crippen molar-refractivity contribution in [2.24, 2.45) is 11.1 Å². The standard InChI is InChI=1S/C13H19FN2S/c1-13(2,12(15)17)8-9-16(3)11-7-5-4-6-10(11)14/h4-7H,8-9H2,1-3H3,(H2,15,17). The largest absolute Gasteiger partial charge is 0.393 e. The molecule has 2 N–H and O–H groups in total. The lowest BCUT2D eigenvalue weighted by Gasteiger charge is -2.27. The Kier molecular flexibility index (Phi) is 4.46. The predicted molar refractivity (Wildman–Crippen MR) is 74.9 cm³/mol. The summed E-state index contributed by atoms with van der Waals surface area (Å²) < 4.78 is 13.5. The van der Waals surface area contributed by atoms with E-state index in [1.165, 1.54) is 6.07 Å². The van der Waals surface area contributed by atoms with Crippen LogP contribution in [-0.4, -0.2) is 18.6 Å². The first-order chi connectivity index (χ1) is 7.84. The van der Waals surface area contributed by atoms with Crippen molar-refractivity contribution >= 4 is 22.9 Å². The zero-order valence-corrected chi connectivity index (χ0v) is 11.4. The summed E-state index contributed by atoms with van der Waals surface area (Å²) in [4.78, 5) is 2.38. The number of nitrogens with two attached hydrogens (primary N) is 1. The molecule has 2 nitrogen and oxygen atoms in total. The minimum atomic E-state index is -0.205. The summed E-state index contributed by atoms with van der Waals surface area (Å²) in [7, 11) is 1.87. The molecule has 4 heteroatoms. The molecule has 1 rings (SSSR count). The van der Waals surface area contributed by atoms with E-state index in [-0.39, 0.29) is 11.2 Å². The zero-order chi connectivity index (χ0) is 13.1. The summed E-state index contributed by atoms with van der Waals surface area (Å²) in [6, 6.07) is 6.74. The zero-order valence-electron chi connectivity index (χ0n) is 10.5. The lowest BCUT2D eigenvalue weighted by Crippen LogP contribution is -2.34. The van der Waals surface area contributed by atoms with Gasteiger partial charge in [0.05, 0.1) is 10.7 Å². The SMILES string of the molecule is CN(CCC(C)(C)C(N)=S)c1ccccc1F. The Bertz CT molecular complexity index is 404. The van der Waals surface area contributed by atoms with Crippen molar-refractivity contribution in [3.8, 4) is 0 Å². The number of para-hydroxylation sites is 1. The minimum Gasteiger partial charge on any atom is -0.393 e. The molecule has 0 amide bonds. The smallest absolute Gasteiger partial charge is 0.146 e. The van der Waals surface area contributed by atoms with Crippen LogP contribution in [0.2, 0.25) is 0 Å². The highest BCUT2D eigenvalue weighted by Gasteiger charge is 2.22. The molecule has 0 saturated heterocycles. The van der Waals surface area contributed by atoms with Gasteiger partial charge in [-0.3, -0.25) is 0 Å². The van der Waals surface area contributed by atoms with Gasteiger partial charge >= 0.3 is 0 Å². The molecule has 94 valence electrons. The van der Waals surface area contributed by atoms with Crippen molar-refractivity contribution in [2.75, 3.05) is 18.5 Å². The van der Waals surface area contributed by atoms with E-state index in [9.17, 15) is 4.39 Å². The van der Waals surface area contributed by atoms with E-state index in [0.717, 1.165) is 6.42 Å². The highest BCUT2D eigenvalue weighted by Crippen LogP contribution is 2.23. The summed E-state index contributed by atoms with van der Waals surface area (Å²) in [5.74, 6) is -0.205. The highest BCUT2D eigenvalue weighted by molar-refractivity contribution is 7.80. The molecule has 0 fully saturated rings. The molecule has 0 spiro atoms. The van der Waals surface area contributed by atoms with Gasteiger partial charge in [0.25, 0.3) is 0 Å². The van der Waals surface area contributed by atoms with Gasteiger partial charge in [0.2, 0.25) is 0 Å². The summed E-state index contributed by atoms with van der Waals surface area (Å²) in [6.07, 6.45) is 0.799. The third kappa shape index (κ3) is 3.66. The summed E-state index contributed by atoms with van der Waals surface area (Å²) in [6.45, 7) is 4.72.